The number of β-amino-alcohol motifs (C(OH)–C–C–N with tert-alkyl or cyclic N) is 1. The Morgan fingerprint density at radius 3 is 2.95 bits per heavy atom. The molecule has 2 unspecified atom stereocenters. The van der Waals surface area contributed by atoms with Crippen molar-refractivity contribution in [3.05, 3.63) is 43.0 Å². The van der Waals surface area contributed by atoms with Crippen molar-refractivity contribution in [1.29, 1.82) is 0 Å². The van der Waals surface area contributed by atoms with Crippen molar-refractivity contribution >= 4 is 0 Å². The third kappa shape index (κ3) is 4.05. The van der Waals surface area contributed by atoms with Crippen molar-refractivity contribution in [3.63, 3.8) is 0 Å². The summed E-state index contributed by atoms with van der Waals surface area (Å²) >= 11 is 0. The van der Waals surface area contributed by atoms with E-state index in [9.17, 15) is 5.11 Å². The highest BCUT2D eigenvalue weighted by Gasteiger charge is 2.26. The van der Waals surface area contributed by atoms with Gasteiger partial charge in [-0.1, -0.05) is 18.2 Å². The van der Waals surface area contributed by atoms with Gasteiger partial charge in [0.05, 0.1) is 6.54 Å². The SMILES string of the molecule is OC(COc1ccccc1)CN1CCCC1Cn1cncn1. The van der Waals surface area contributed by atoms with Gasteiger partial charge in [0, 0.05) is 12.6 Å². The first-order valence-corrected chi connectivity index (χ1v) is 7.73. The fraction of sp³-hybridized carbons (Fsp3) is 0.500. The number of nitrogens with zero attached hydrogens (tertiary/aromatic N) is 4. The van der Waals surface area contributed by atoms with Gasteiger partial charge < -0.3 is 9.84 Å². The first-order chi connectivity index (χ1) is 10.8. The first kappa shape index (κ1) is 15.0. The number of rotatable bonds is 7. The Morgan fingerprint density at radius 2 is 2.18 bits per heavy atom. The topological polar surface area (TPSA) is 63.4 Å². The molecule has 22 heavy (non-hydrogen) atoms. The van der Waals surface area contributed by atoms with Crippen molar-refractivity contribution in [3.8, 4) is 5.75 Å². The molecule has 1 N–H and O–H groups in total. The number of hydrogen-bond acceptors (Lipinski definition) is 5. The molecule has 1 saturated heterocycles. The van der Waals surface area contributed by atoms with Gasteiger partial charge >= 0.3 is 0 Å². The second kappa shape index (κ2) is 7.38. The average Bonchev–Trinajstić information content (AvgIpc) is 3.20. The standard InChI is InChI=1S/C16H22N4O2/c21-15(11-22-16-6-2-1-3-7-16)10-19-8-4-5-14(19)9-20-13-17-12-18-20/h1-3,6-7,12-15,21H,4-5,8-11H2. The fourth-order valence-electron chi connectivity index (χ4n) is 2.92. The molecule has 6 heteroatoms. The molecule has 0 aliphatic carbocycles. The first-order valence-electron chi connectivity index (χ1n) is 7.73. The van der Waals surface area contributed by atoms with Crippen LogP contribution in [0.25, 0.3) is 0 Å². The van der Waals surface area contributed by atoms with Gasteiger partial charge in [-0.15, -0.1) is 0 Å². The number of para-hydroxylation sites is 1. The lowest BCUT2D eigenvalue weighted by atomic mass is 10.2. The highest BCUT2D eigenvalue weighted by atomic mass is 16.5. The number of hydrogen-bond donors (Lipinski definition) is 1. The molecular weight excluding hydrogens is 280 g/mol. The molecule has 1 aliphatic heterocycles. The smallest absolute Gasteiger partial charge is 0.137 e. The Balaban J connectivity index is 1.46. The zero-order valence-corrected chi connectivity index (χ0v) is 12.6. The van der Waals surface area contributed by atoms with Crippen molar-refractivity contribution in [1.82, 2.24) is 19.7 Å². The molecular formula is C16H22N4O2. The quantitative estimate of drug-likeness (QED) is 0.832. The minimum absolute atomic E-state index is 0.316. The summed E-state index contributed by atoms with van der Waals surface area (Å²) in [7, 11) is 0. The van der Waals surface area contributed by atoms with E-state index < -0.39 is 6.10 Å². The number of aliphatic hydroxyl groups excluding tert-OH is 1. The molecule has 1 aromatic heterocycles. The molecule has 0 saturated carbocycles. The van der Waals surface area contributed by atoms with E-state index in [1.54, 1.807) is 12.7 Å². The van der Waals surface area contributed by atoms with E-state index in [-0.39, 0.29) is 0 Å². The Morgan fingerprint density at radius 1 is 1.32 bits per heavy atom. The molecule has 2 heterocycles. The number of benzene rings is 1. The summed E-state index contributed by atoms with van der Waals surface area (Å²) in [4.78, 5) is 6.30. The van der Waals surface area contributed by atoms with Crippen LogP contribution in [0, 0.1) is 0 Å². The summed E-state index contributed by atoms with van der Waals surface area (Å²) in [5.74, 6) is 0.794. The van der Waals surface area contributed by atoms with Crippen molar-refractivity contribution in [2.75, 3.05) is 19.7 Å². The third-order valence-corrected chi connectivity index (χ3v) is 3.99. The van der Waals surface area contributed by atoms with E-state index in [2.05, 4.69) is 15.0 Å². The monoisotopic (exact) mass is 302 g/mol. The van der Waals surface area contributed by atoms with Gasteiger partial charge in [-0.3, -0.25) is 9.58 Å². The highest BCUT2D eigenvalue weighted by molar-refractivity contribution is 5.20. The van der Waals surface area contributed by atoms with Gasteiger partial charge in [0.25, 0.3) is 0 Å². The van der Waals surface area contributed by atoms with E-state index >= 15 is 0 Å². The van der Waals surface area contributed by atoms with Gasteiger partial charge in [-0.2, -0.15) is 5.10 Å². The second-order valence-electron chi connectivity index (χ2n) is 5.69. The van der Waals surface area contributed by atoms with Crippen LogP contribution in [0.4, 0.5) is 0 Å². The molecule has 3 rings (SSSR count). The maximum absolute atomic E-state index is 10.2. The predicted octanol–water partition coefficient (Wildman–Crippen LogP) is 1.18. The van der Waals surface area contributed by atoms with Gasteiger partial charge in [0.1, 0.15) is 31.1 Å². The van der Waals surface area contributed by atoms with E-state index in [0.717, 1.165) is 31.7 Å². The Hall–Kier alpha value is -1.92. The van der Waals surface area contributed by atoms with Crippen molar-refractivity contribution in [2.45, 2.75) is 31.5 Å². The molecule has 0 amide bonds. The lowest BCUT2D eigenvalue weighted by molar-refractivity contribution is 0.0609. The summed E-state index contributed by atoms with van der Waals surface area (Å²) in [6, 6.07) is 10.0. The van der Waals surface area contributed by atoms with Crippen LogP contribution in [0.15, 0.2) is 43.0 Å². The zero-order chi connectivity index (χ0) is 15.2. The van der Waals surface area contributed by atoms with Gasteiger partial charge in [0.2, 0.25) is 0 Å². The molecule has 0 radical (unpaired) electrons. The molecule has 118 valence electrons. The normalized spacial score (nSPS) is 20.1. The summed E-state index contributed by atoms with van der Waals surface area (Å²) in [5.41, 5.74) is 0. The lowest BCUT2D eigenvalue weighted by Crippen LogP contribution is -2.40. The Labute approximate surface area is 130 Å². The van der Waals surface area contributed by atoms with E-state index in [1.165, 1.54) is 0 Å². The lowest BCUT2D eigenvalue weighted by Gasteiger charge is -2.26. The molecule has 1 aromatic carbocycles. The Kier molecular flexibility index (Phi) is 5.03. The van der Waals surface area contributed by atoms with Crippen LogP contribution in [0.5, 0.6) is 5.75 Å². The molecule has 2 aromatic rings. The third-order valence-electron chi connectivity index (χ3n) is 3.99. The van der Waals surface area contributed by atoms with E-state index in [1.807, 2.05) is 35.0 Å². The number of likely N-dealkylation sites (tertiary alicyclic amines) is 1. The minimum Gasteiger partial charge on any atom is -0.491 e. The molecule has 6 nitrogen and oxygen atoms in total. The Bertz CT molecular complexity index is 547. The van der Waals surface area contributed by atoms with Crippen LogP contribution in [0.1, 0.15) is 12.8 Å². The van der Waals surface area contributed by atoms with Crippen LogP contribution >= 0.6 is 0 Å². The number of aromatic nitrogens is 3. The summed E-state index contributed by atoms with van der Waals surface area (Å²) in [6.45, 7) is 2.79. The molecule has 1 fully saturated rings. The largest absolute Gasteiger partial charge is 0.491 e. The van der Waals surface area contributed by atoms with Crippen LogP contribution < -0.4 is 4.74 Å². The fourth-order valence-corrected chi connectivity index (χ4v) is 2.92. The average molecular weight is 302 g/mol. The summed E-state index contributed by atoms with van der Waals surface area (Å²) in [5, 5.41) is 14.4. The van der Waals surface area contributed by atoms with Gasteiger partial charge in [-0.25, -0.2) is 4.98 Å². The van der Waals surface area contributed by atoms with E-state index in [0.29, 0.717) is 19.2 Å². The molecule has 1 aliphatic rings. The molecule has 0 bridgehead atoms. The predicted molar refractivity (Wildman–Crippen MR) is 82.6 cm³/mol. The highest BCUT2D eigenvalue weighted by Crippen LogP contribution is 2.19. The maximum Gasteiger partial charge on any atom is 0.137 e. The number of ether oxygens (including phenoxy) is 1. The zero-order valence-electron chi connectivity index (χ0n) is 12.6. The van der Waals surface area contributed by atoms with Crippen LogP contribution in [0.2, 0.25) is 0 Å². The molecule has 2 atom stereocenters. The summed E-state index contributed by atoms with van der Waals surface area (Å²) < 4.78 is 7.47. The van der Waals surface area contributed by atoms with Crippen molar-refractivity contribution in [2.24, 2.45) is 0 Å². The molecule has 0 spiro atoms. The van der Waals surface area contributed by atoms with Crippen LogP contribution in [-0.4, -0.2) is 56.6 Å². The minimum atomic E-state index is -0.489. The second-order valence-corrected chi connectivity index (χ2v) is 5.69. The van der Waals surface area contributed by atoms with E-state index in [4.69, 9.17) is 4.74 Å². The van der Waals surface area contributed by atoms with Gasteiger partial charge in [0.15, 0.2) is 0 Å². The van der Waals surface area contributed by atoms with Crippen LogP contribution in [0.3, 0.4) is 0 Å². The van der Waals surface area contributed by atoms with Gasteiger partial charge in [-0.05, 0) is 31.5 Å². The van der Waals surface area contributed by atoms with Crippen molar-refractivity contribution < 1.29 is 9.84 Å². The number of aliphatic hydroxyl groups is 1. The maximum atomic E-state index is 10.2. The van der Waals surface area contributed by atoms with Crippen LogP contribution in [-0.2, 0) is 6.54 Å². The summed E-state index contributed by atoms with van der Waals surface area (Å²) in [6.07, 6.45) is 5.10.